The molecular formula is C12H18O3. The van der Waals surface area contributed by atoms with Crippen LogP contribution in [0, 0.1) is 0 Å². The first-order chi connectivity index (χ1) is 7.11. The number of hydrogen-bond donors (Lipinski definition) is 3. The van der Waals surface area contributed by atoms with Gasteiger partial charge in [-0.15, -0.1) is 0 Å². The van der Waals surface area contributed by atoms with Gasteiger partial charge in [-0.3, -0.25) is 0 Å². The smallest absolute Gasteiger partial charge is 0.129 e. The van der Waals surface area contributed by atoms with Crippen LogP contribution in [-0.4, -0.2) is 15.3 Å². The van der Waals surface area contributed by atoms with Crippen LogP contribution < -0.4 is 0 Å². The normalized spacial score (nSPS) is 10.5. The van der Waals surface area contributed by atoms with E-state index in [4.69, 9.17) is 0 Å². The Labute approximate surface area is 90.0 Å². The Hall–Kier alpha value is -1.38. The lowest BCUT2D eigenvalue weighted by atomic mass is 10.00. The molecule has 0 radical (unpaired) electrons. The molecule has 0 spiro atoms. The SMILES string of the molecule is CCCc1c(O)cc(O)c(CCC)c1O. The molecule has 0 saturated heterocycles. The van der Waals surface area contributed by atoms with Crippen molar-refractivity contribution in [3.63, 3.8) is 0 Å². The minimum atomic E-state index is -0.0216. The average molecular weight is 210 g/mol. The van der Waals surface area contributed by atoms with E-state index in [1.165, 1.54) is 6.07 Å². The summed E-state index contributed by atoms with van der Waals surface area (Å²) in [6.07, 6.45) is 2.93. The van der Waals surface area contributed by atoms with Crippen molar-refractivity contribution < 1.29 is 15.3 Å². The summed E-state index contributed by atoms with van der Waals surface area (Å²) in [4.78, 5) is 0. The quantitative estimate of drug-likeness (QED) is 0.716. The third-order valence-corrected chi connectivity index (χ3v) is 2.46. The molecule has 3 heteroatoms. The summed E-state index contributed by atoms with van der Waals surface area (Å²) in [6, 6.07) is 1.32. The molecule has 15 heavy (non-hydrogen) atoms. The van der Waals surface area contributed by atoms with Gasteiger partial charge >= 0.3 is 0 Å². The topological polar surface area (TPSA) is 60.7 Å². The van der Waals surface area contributed by atoms with Crippen molar-refractivity contribution in [2.75, 3.05) is 0 Å². The number of aromatic hydroxyl groups is 3. The van der Waals surface area contributed by atoms with Gasteiger partial charge < -0.3 is 15.3 Å². The van der Waals surface area contributed by atoms with E-state index in [0.717, 1.165) is 12.8 Å². The third-order valence-electron chi connectivity index (χ3n) is 2.46. The first-order valence-electron chi connectivity index (χ1n) is 5.37. The monoisotopic (exact) mass is 210 g/mol. The molecule has 0 unspecified atom stereocenters. The Morgan fingerprint density at radius 2 is 1.27 bits per heavy atom. The van der Waals surface area contributed by atoms with E-state index >= 15 is 0 Å². The summed E-state index contributed by atoms with van der Waals surface area (Å²) >= 11 is 0. The van der Waals surface area contributed by atoms with Crippen LogP contribution in [0.5, 0.6) is 17.2 Å². The van der Waals surface area contributed by atoms with Crippen molar-refractivity contribution in [1.29, 1.82) is 0 Å². The number of hydrogen-bond acceptors (Lipinski definition) is 3. The Morgan fingerprint density at radius 3 is 1.60 bits per heavy atom. The van der Waals surface area contributed by atoms with E-state index in [1.807, 2.05) is 13.8 Å². The van der Waals surface area contributed by atoms with Gasteiger partial charge in [0.1, 0.15) is 17.2 Å². The van der Waals surface area contributed by atoms with E-state index in [2.05, 4.69) is 0 Å². The van der Waals surface area contributed by atoms with E-state index in [-0.39, 0.29) is 17.2 Å². The first kappa shape index (κ1) is 11.7. The summed E-state index contributed by atoms with van der Waals surface area (Å²) in [5.41, 5.74) is 1.08. The highest BCUT2D eigenvalue weighted by molar-refractivity contribution is 5.55. The van der Waals surface area contributed by atoms with E-state index in [1.54, 1.807) is 0 Å². The lowest BCUT2D eigenvalue weighted by Crippen LogP contribution is -1.93. The van der Waals surface area contributed by atoms with Crippen LogP contribution >= 0.6 is 0 Å². The molecule has 0 aromatic heterocycles. The van der Waals surface area contributed by atoms with Crippen molar-refractivity contribution >= 4 is 0 Å². The van der Waals surface area contributed by atoms with E-state index in [9.17, 15) is 15.3 Å². The maximum Gasteiger partial charge on any atom is 0.129 e. The van der Waals surface area contributed by atoms with Crippen molar-refractivity contribution in [2.45, 2.75) is 39.5 Å². The van der Waals surface area contributed by atoms with Gasteiger partial charge in [0.05, 0.1) is 0 Å². The largest absolute Gasteiger partial charge is 0.507 e. The Kier molecular flexibility index (Phi) is 3.83. The highest BCUT2D eigenvalue weighted by Gasteiger charge is 2.15. The molecule has 0 saturated carbocycles. The second-order valence-electron chi connectivity index (χ2n) is 3.72. The molecule has 1 aromatic carbocycles. The van der Waals surface area contributed by atoms with Crippen molar-refractivity contribution in [3.8, 4) is 17.2 Å². The van der Waals surface area contributed by atoms with Crippen LogP contribution in [-0.2, 0) is 12.8 Å². The van der Waals surface area contributed by atoms with Crippen LogP contribution in [0.4, 0.5) is 0 Å². The standard InChI is InChI=1S/C12H18O3/c1-3-5-8-10(13)7-11(14)9(6-4-2)12(8)15/h7,13-15H,3-6H2,1-2H3. The predicted molar refractivity (Wildman–Crippen MR) is 59.4 cm³/mol. The van der Waals surface area contributed by atoms with Gasteiger partial charge in [0.25, 0.3) is 0 Å². The maximum absolute atomic E-state index is 9.89. The van der Waals surface area contributed by atoms with Crippen molar-refractivity contribution in [2.24, 2.45) is 0 Å². The lowest BCUT2D eigenvalue weighted by molar-refractivity contribution is 0.409. The van der Waals surface area contributed by atoms with Gasteiger partial charge in [0, 0.05) is 17.2 Å². The highest BCUT2D eigenvalue weighted by atomic mass is 16.3. The molecule has 3 N–H and O–H groups in total. The zero-order valence-corrected chi connectivity index (χ0v) is 9.25. The molecule has 0 bridgehead atoms. The molecule has 1 rings (SSSR count). The van der Waals surface area contributed by atoms with Gasteiger partial charge in [-0.1, -0.05) is 26.7 Å². The van der Waals surface area contributed by atoms with E-state index < -0.39 is 0 Å². The molecule has 84 valence electrons. The van der Waals surface area contributed by atoms with Crippen LogP contribution in [0.1, 0.15) is 37.8 Å². The molecule has 0 aliphatic carbocycles. The van der Waals surface area contributed by atoms with Gasteiger partial charge in [-0.05, 0) is 12.8 Å². The molecule has 0 aliphatic rings. The first-order valence-corrected chi connectivity index (χ1v) is 5.37. The fraction of sp³-hybridized carbons (Fsp3) is 0.500. The van der Waals surface area contributed by atoms with Gasteiger partial charge in [0.15, 0.2) is 0 Å². The molecule has 0 amide bonds. The molecule has 0 atom stereocenters. The molecule has 0 heterocycles. The van der Waals surface area contributed by atoms with E-state index in [0.29, 0.717) is 24.0 Å². The van der Waals surface area contributed by atoms with Crippen LogP contribution in [0.2, 0.25) is 0 Å². The van der Waals surface area contributed by atoms with Crippen molar-refractivity contribution in [3.05, 3.63) is 17.2 Å². The van der Waals surface area contributed by atoms with Gasteiger partial charge in [-0.2, -0.15) is 0 Å². The molecular weight excluding hydrogens is 192 g/mol. The summed E-state index contributed by atoms with van der Waals surface area (Å²) in [6.45, 7) is 3.95. The zero-order chi connectivity index (χ0) is 11.4. The van der Waals surface area contributed by atoms with Crippen LogP contribution in [0.25, 0.3) is 0 Å². The number of phenols is 3. The highest BCUT2D eigenvalue weighted by Crippen LogP contribution is 2.38. The predicted octanol–water partition coefficient (Wildman–Crippen LogP) is 2.71. The number of phenolic OH excluding ortho intramolecular Hbond substituents is 3. The van der Waals surface area contributed by atoms with Gasteiger partial charge in [-0.25, -0.2) is 0 Å². The fourth-order valence-corrected chi connectivity index (χ4v) is 1.72. The fourth-order valence-electron chi connectivity index (χ4n) is 1.72. The second-order valence-corrected chi connectivity index (χ2v) is 3.72. The number of benzene rings is 1. The summed E-state index contributed by atoms with van der Waals surface area (Å²) in [7, 11) is 0. The Bertz CT molecular complexity index is 315. The lowest BCUT2D eigenvalue weighted by Gasteiger charge is -2.12. The number of rotatable bonds is 4. The Morgan fingerprint density at radius 1 is 0.867 bits per heavy atom. The van der Waals surface area contributed by atoms with Crippen molar-refractivity contribution in [1.82, 2.24) is 0 Å². The average Bonchev–Trinajstić information content (AvgIpc) is 2.19. The molecule has 0 aliphatic heterocycles. The van der Waals surface area contributed by atoms with Gasteiger partial charge in [0.2, 0.25) is 0 Å². The summed E-state index contributed by atoms with van der Waals surface area (Å²) in [5.74, 6) is 0.00889. The van der Waals surface area contributed by atoms with Crippen LogP contribution in [0.3, 0.4) is 0 Å². The summed E-state index contributed by atoms with van der Waals surface area (Å²) < 4.78 is 0. The third kappa shape index (κ3) is 2.35. The summed E-state index contributed by atoms with van der Waals surface area (Å²) in [5, 5.41) is 29.0. The maximum atomic E-state index is 9.89. The second kappa shape index (κ2) is 4.91. The minimum Gasteiger partial charge on any atom is -0.507 e. The minimum absolute atomic E-state index is 0.0216. The van der Waals surface area contributed by atoms with Crippen LogP contribution in [0.15, 0.2) is 6.07 Å². The zero-order valence-electron chi connectivity index (χ0n) is 9.25. The Balaban J connectivity index is 3.22. The molecule has 0 fully saturated rings. The molecule has 1 aromatic rings. The molecule has 3 nitrogen and oxygen atoms in total.